The molecule has 2 aliphatic heterocycles. The number of carbonyl (C=O) groups excluding carboxylic acids is 5. The zero-order chi connectivity index (χ0) is 41.9. The van der Waals surface area contributed by atoms with Crippen LogP contribution < -0.4 is 16.0 Å². The molecular weight excluding hydrogens is 772 g/mol. The number of carbonyl (C=O) groups is 5. The highest BCUT2D eigenvalue weighted by Gasteiger charge is 2.40. The number of anilines is 2. The molecule has 15 heteroatoms. The molecule has 0 bridgehead atoms. The number of nitrogens with one attached hydrogen (secondary N) is 1. The number of aromatic nitrogens is 2. The van der Waals surface area contributed by atoms with Crippen LogP contribution in [0.5, 0.6) is 0 Å². The minimum atomic E-state index is -0.759. The fourth-order valence-electron chi connectivity index (χ4n) is 8.49. The molecular formula is C44H59FN8O5S. The lowest BCUT2D eigenvalue weighted by Crippen LogP contribution is -2.56. The predicted molar refractivity (Wildman–Crippen MR) is 226 cm³/mol. The quantitative estimate of drug-likeness (QED) is 0.120. The first kappa shape index (κ1) is 43.7. The van der Waals surface area contributed by atoms with Gasteiger partial charge in [0, 0.05) is 63.6 Å². The molecule has 3 N–H and O–H groups in total. The van der Waals surface area contributed by atoms with E-state index in [4.69, 9.17) is 5.73 Å². The van der Waals surface area contributed by atoms with Gasteiger partial charge in [-0.15, -0.1) is 11.3 Å². The van der Waals surface area contributed by atoms with Gasteiger partial charge in [-0.2, -0.15) is 0 Å². The van der Waals surface area contributed by atoms with Crippen molar-refractivity contribution in [3.63, 3.8) is 0 Å². The van der Waals surface area contributed by atoms with Gasteiger partial charge in [-0.3, -0.25) is 24.0 Å². The Labute approximate surface area is 350 Å². The van der Waals surface area contributed by atoms with Crippen molar-refractivity contribution in [3.05, 3.63) is 70.1 Å². The summed E-state index contributed by atoms with van der Waals surface area (Å²) in [5, 5.41) is 5.44. The highest BCUT2D eigenvalue weighted by Crippen LogP contribution is 2.37. The van der Waals surface area contributed by atoms with Crippen LogP contribution in [0.15, 0.2) is 48.0 Å². The van der Waals surface area contributed by atoms with Crippen LogP contribution in [-0.2, 0) is 19.2 Å². The van der Waals surface area contributed by atoms with E-state index in [0.29, 0.717) is 61.7 Å². The third-order valence-electron chi connectivity index (χ3n) is 12.3. The molecule has 59 heavy (non-hydrogen) atoms. The first-order chi connectivity index (χ1) is 28.5. The zero-order valence-corrected chi connectivity index (χ0v) is 35.3. The number of hydrogen-bond acceptors (Lipinski definition) is 10. The lowest BCUT2D eigenvalue weighted by Gasteiger charge is -2.36. The van der Waals surface area contributed by atoms with Gasteiger partial charge in [0.1, 0.15) is 34.4 Å². The van der Waals surface area contributed by atoms with Crippen molar-refractivity contribution in [1.82, 2.24) is 30.0 Å². The average Bonchev–Trinajstić information content (AvgIpc) is 3.96. The molecule has 1 aromatic carbocycles. The molecule has 1 aliphatic carbocycles. The molecule has 0 unspecified atom stereocenters. The second kappa shape index (κ2) is 20.9. The molecule has 13 nitrogen and oxygen atoms in total. The standard InChI is InChI=1S/C44H59FN8O5S/c1-30(50(2)38(54)15-9-4-3-5-10-16-39(55)52-26-24-51(25-27-52)34-21-22-37(46)47-28-34)42(57)49-40(31-12-7-6-8-13-31)44(58)53-23-11-14-36(53)43-48-35(29-59-43)41(56)32-17-19-33(45)20-18-32/h17-22,28-31,36,40H,3-16,23-27H2,1-2H3,(H2,46,47)(H,49,57)/t30-,36-,40-/m0/s1. The highest BCUT2D eigenvalue weighted by molar-refractivity contribution is 7.10. The molecule has 318 valence electrons. The topological polar surface area (TPSA) is 162 Å². The lowest BCUT2D eigenvalue weighted by molar-refractivity contribution is -0.142. The number of amides is 4. The maximum atomic E-state index is 14.4. The Bertz CT molecular complexity index is 1890. The summed E-state index contributed by atoms with van der Waals surface area (Å²) in [6.45, 7) is 5.13. The van der Waals surface area contributed by atoms with Gasteiger partial charge in [0.2, 0.25) is 29.4 Å². The Kier molecular flexibility index (Phi) is 15.4. The normalized spacial score (nSPS) is 18.4. The number of benzene rings is 1. The summed E-state index contributed by atoms with van der Waals surface area (Å²) >= 11 is 1.33. The van der Waals surface area contributed by atoms with Gasteiger partial charge in [-0.05, 0) is 87.8 Å². The summed E-state index contributed by atoms with van der Waals surface area (Å²) in [6.07, 6.45) is 13.0. The third kappa shape index (κ3) is 11.4. The van der Waals surface area contributed by atoms with Gasteiger partial charge in [0.05, 0.1) is 17.9 Å². The van der Waals surface area contributed by atoms with E-state index in [0.717, 1.165) is 83.0 Å². The van der Waals surface area contributed by atoms with Crippen molar-refractivity contribution in [3.8, 4) is 0 Å². The lowest BCUT2D eigenvalue weighted by atomic mass is 9.83. The summed E-state index contributed by atoms with van der Waals surface area (Å²) < 4.78 is 13.4. The minimum Gasteiger partial charge on any atom is -0.384 e. The fourth-order valence-corrected chi connectivity index (χ4v) is 9.44. The van der Waals surface area contributed by atoms with E-state index in [1.54, 1.807) is 31.6 Å². The SMILES string of the molecule is C[C@@H](C(=O)N[C@H](C(=O)N1CCC[C@H]1c1nc(C(=O)c2ccc(F)cc2)cs1)C1CCCCC1)N(C)C(=O)CCCCCCCC(=O)N1CCN(c2ccc(N)nc2)CC1. The molecule has 4 amide bonds. The van der Waals surface area contributed by atoms with E-state index >= 15 is 0 Å². The number of halogens is 1. The Balaban J connectivity index is 0.934. The molecule has 3 aromatic rings. The number of hydrogen-bond donors (Lipinski definition) is 2. The minimum absolute atomic E-state index is 0.0137. The van der Waals surface area contributed by atoms with Crippen molar-refractivity contribution >= 4 is 52.3 Å². The van der Waals surface area contributed by atoms with Crippen molar-refractivity contribution in [2.75, 3.05) is 50.4 Å². The first-order valence-corrected chi connectivity index (χ1v) is 22.2. The van der Waals surface area contributed by atoms with Crippen LogP contribution in [0.3, 0.4) is 0 Å². The van der Waals surface area contributed by atoms with E-state index < -0.39 is 17.9 Å². The Hall–Kier alpha value is -4.92. The number of pyridine rings is 1. The Morgan fingerprint density at radius 1 is 0.881 bits per heavy atom. The van der Waals surface area contributed by atoms with E-state index in [-0.39, 0.29) is 47.1 Å². The molecule has 3 aliphatic rings. The predicted octanol–water partition coefficient (Wildman–Crippen LogP) is 6.15. The third-order valence-corrected chi connectivity index (χ3v) is 13.2. The Morgan fingerprint density at radius 2 is 1.58 bits per heavy atom. The van der Waals surface area contributed by atoms with Crippen molar-refractivity contribution < 1.29 is 28.4 Å². The maximum absolute atomic E-state index is 14.4. The molecule has 1 saturated carbocycles. The first-order valence-electron chi connectivity index (χ1n) is 21.4. The summed E-state index contributed by atoms with van der Waals surface area (Å²) in [5.41, 5.74) is 7.32. The van der Waals surface area contributed by atoms with Gasteiger partial charge in [-0.1, -0.05) is 38.5 Å². The number of unbranched alkanes of at least 4 members (excludes halogenated alkanes) is 4. The monoisotopic (exact) mass is 830 g/mol. The highest BCUT2D eigenvalue weighted by atomic mass is 32.1. The number of ketones is 1. The number of piperazine rings is 1. The largest absolute Gasteiger partial charge is 0.384 e. The van der Waals surface area contributed by atoms with Crippen LogP contribution in [0.25, 0.3) is 0 Å². The summed E-state index contributed by atoms with van der Waals surface area (Å²) in [6, 6.07) is 7.32. The number of nitrogen functional groups attached to an aromatic ring is 1. The molecule has 2 saturated heterocycles. The zero-order valence-electron chi connectivity index (χ0n) is 34.5. The average molecular weight is 831 g/mol. The molecule has 3 fully saturated rings. The second-order valence-corrected chi connectivity index (χ2v) is 17.1. The summed E-state index contributed by atoms with van der Waals surface area (Å²) in [5.74, 6) is -0.683. The number of nitrogens with two attached hydrogens (primary N) is 1. The molecule has 2 aromatic heterocycles. The van der Waals surface area contributed by atoms with Gasteiger partial charge in [-0.25, -0.2) is 14.4 Å². The van der Waals surface area contributed by atoms with Crippen LogP contribution in [0.4, 0.5) is 15.9 Å². The number of rotatable bonds is 17. The fraction of sp³-hybridized carbons (Fsp3) is 0.568. The van der Waals surface area contributed by atoms with E-state index in [1.807, 2.05) is 15.9 Å². The van der Waals surface area contributed by atoms with E-state index in [2.05, 4.69) is 20.2 Å². The number of nitrogens with zero attached hydrogens (tertiary/aromatic N) is 6. The van der Waals surface area contributed by atoms with E-state index in [9.17, 15) is 28.4 Å². The molecule has 6 rings (SSSR count). The van der Waals surface area contributed by atoms with Crippen molar-refractivity contribution in [2.45, 2.75) is 115 Å². The molecule has 0 radical (unpaired) electrons. The van der Waals surface area contributed by atoms with Crippen LogP contribution in [0, 0.1) is 11.7 Å². The van der Waals surface area contributed by atoms with Crippen LogP contribution >= 0.6 is 11.3 Å². The summed E-state index contributed by atoms with van der Waals surface area (Å²) in [4.78, 5) is 83.5. The van der Waals surface area contributed by atoms with Crippen molar-refractivity contribution in [1.29, 1.82) is 0 Å². The van der Waals surface area contributed by atoms with Crippen LogP contribution in [-0.4, -0.2) is 106 Å². The second-order valence-electron chi connectivity index (χ2n) is 16.2. The van der Waals surface area contributed by atoms with Gasteiger partial charge >= 0.3 is 0 Å². The Morgan fingerprint density at radius 3 is 2.27 bits per heavy atom. The molecule has 3 atom stereocenters. The summed E-state index contributed by atoms with van der Waals surface area (Å²) in [7, 11) is 1.64. The van der Waals surface area contributed by atoms with E-state index in [1.165, 1.54) is 40.5 Å². The van der Waals surface area contributed by atoms with Crippen LogP contribution in [0.2, 0.25) is 0 Å². The smallest absolute Gasteiger partial charge is 0.246 e. The number of likely N-dealkylation sites (tertiary alicyclic amines) is 1. The molecule has 4 heterocycles. The molecule has 0 spiro atoms. The maximum Gasteiger partial charge on any atom is 0.246 e. The van der Waals surface area contributed by atoms with Crippen LogP contribution in [0.1, 0.15) is 124 Å². The van der Waals surface area contributed by atoms with Gasteiger partial charge in [0.15, 0.2) is 0 Å². The van der Waals surface area contributed by atoms with Gasteiger partial charge in [0.25, 0.3) is 0 Å². The number of thiazole rings is 1. The number of likely N-dealkylation sites (N-methyl/N-ethyl adjacent to an activating group) is 1. The van der Waals surface area contributed by atoms with Crippen molar-refractivity contribution in [2.24, 2.45) is 5.92 Å². The van der Waals surface area contributed by atoms with Gasteiger partial charge < -0.3 is 30.7 Å².